The average molecular weight is 210 g/mol. The fourth-order valence-corrected chi connectivity index (χ4v) is 0.777. The number of hydrogen-bond acceptors (Lipinski definition) is 0. The number of aryl methyl sites for hydroxylation is 1. The van der Waals surface area contributed by atoms with Crippen molar-refractivity contribution in [3.8, 4) is 0 Å². The summed E-state index contributed by atoms with van der Waals surface area (Å²) in [5.41, 5.74) is 0. The molecular formula is C7H11BF4N2. The van der Waals surface area contributed by atoms with Gasteiger partial charge in [0.15, 0.2) is 0 Å². The van der Waals surface area contributed by atoms with E-state index in [1.807, 2.05) is 30.1 Å². The van der Waals surface area contributed by atoms with Crippen molar-refractivity contribution in [1.29, 1.82) is 0 Å². The number of halogens is 4. The number of allylic oxidation sites excluding steroid dienone is 1. The van der Waals surface area contributed by atoms with E-state index in [0.717, 1.165) is 6.42 Å². The van der Waals surface area contributed by atoms with E-state index >= 15 is 0 Å². The van der Waals surface area contributed by atoms with Gasteiger partial charge in [-0.2, -0.15) is 0 Å². The Labute approximate surface area is 79.4 Å². The topological polar surface area (TPSA) is 19.7 Å². The molecule has 1 heterocycles. The number of hydrogen-bond donors (Lipinski definition) is 1. The first-order valence-electron chi connectivity index (χ1n) is 3.84. The highest BCUT2D eigenvalue weighted by Gasteiger charge is 2.20. The molecule has 2 nitrogen and oxygen atoms in total. The fraction of sp³-hybridized carbons (Fsp3) is 0.286. The summed E-state index contributed by atoms with van der Waals surface area (Å²) in [4.78, 5) is 3.10. The van der Waals surface area contributed by atoms with Crippen molar-refractivity contribution in [2.45, 2.75) is 6.42 Å². The summed E-state index contributed by atoms with van der Waals surface area (Å²) in [6.07, 6.45) is 6.69. The molecule has 7 heteroatoms. The Morgan fingerprint density at radius 3 is 2.29 bits per heavy atom. The van der Waals surface area contributed by atoms with Crippen molar-refractivity contribution < 1.29 is 21.8 Å². The number of imidazole rings is 1. The van der Waals surface area contributed by atoms with Crippen LogP contribution in [0.2, 0.25) is 0 Å². The van der Waals surface area contributed by atoms with Crippen LogP contribution in [0.25, 0.3) is 0 Å². The summed E-state index contributed by atoms with van der Waals surface area (Å²) in [5.74, 6) is 1.19. The van der Waals surface area contributed by atoms with Crippen LogP contribution in [-0.4, -0.2) is 12.2 Å². The van der Waals surface area contributed by atoms with E-state index in [-0.39, 0.29) is 0 Å². The average Bonchev–Trinajstić information content (AvgIpc) is 2.34. The Bertz CT molecular complexity index is 275. The Morgan fingerprint density at radius 1 is 1.50 bits per heavy atom. The van der Waals surface area contributed by atoms with Crippen molar-refractivity contribution in [2.24, 2.45) is 7.05 Å². The second-order valence-electron chi connectivity index (χ2n) is 2.51. The van der Waals surface area contributed by atoms with E-state index < -0.39 is 7.25 Å². The maximum atomic E-state index is 9.75. The van der Waals surface area contributed by atoms with Crippen molar-refractivity contribution in [2.75, 3.05) is 0 Å². The molecule has 0 atom stereocenters. The third-order valence-corrected chi connectivity index (χ3v) is 1.31. The summed E-state index contributed by atoms with van der Waals surface area (Å²) in [6.45, 7) is 3.64. The molecule has 0 bridgehead atoms. The summed E-state index contributed by atoms with van der Waals surface area (Å²) in [5, 5.41) is 0. The minimum Gasteiger partial charge on any atom is -0.418 e. The lowest BCUT2D eigenvalue weighted by Crippen LogP contribution is -2.29. The van der Waals surface area contributed by atoms with Gasteiger partial charge in [-0.05, 0) is 0 Å². The molecule has 0 aromatic carbocycles. The minimum atomic E-state index is -6.00. The van der Waals surface area contributed by atoms with E-state index in [0.29, 0.717) is 0 Å². The van der Waals surface area contributed by atoms with E-state index in [1.165, 1.54) is 5.82 Å². The highest BCUT2D eigenvalue weighted by Crippen LogP contribution is 2.06. The van der Waals surface area contributed by atoms with Gasteiger partial charge < -0.3 is 17.3 Å². The summed E-state index contributed by atoms with van der Waals surface area (Å²) in [6, 6.07) is 0. The van der Waals surface area contributed by atoms with Crippen LogP contribution >= 0.6 is 0 Å². The van der Waals surface area contributed by atoms with E-state index in [2.05, 4.69) is 11.6 Å². The van der Waals surface area contributed by atoms with Crippen LogP contribution in [0.5, 0.6) is 0 Å². The molecule has 0 unspecified atom stereocenters. The Morgan fingerprint density at radius 2 is 2.00 bits per heavy atom. The van der Waals surface area contributed by atoms with Gasteiger partial charge in [-0.15, -0.1) is 6.58 Å². The lowest BCUT2D eigenvalue weighted by Gasteiger charge is -1.94. The second kappa shape index (κ2) is 5.46. The summed E-state index contributed by atoms with van der Waals surface area (Å²) in [7, 11) is -3.99. The van der Waals surface area contributed by atoms with Crippen LogP contribution in [0, 0.1) is 0 Å². The zero-order valence-corrected chi connectivity index (χ0v) is 7.68. The lowest BCUT2D eigenvalue weighted by molar-refractivity contribution is -0.677. The van der Waals surface area contributed by atoms with Crippen molar-refractivity contribution in [3.05, 3.63) is 30.9 Å². The number of nitrogens with zero attached hydrogens (tertiary/aromatic N) is 1. The summed E-state index contributed by atoms with van der Waals surface area (Å²) < 4.78 is 41.0. The molecule has 0 amide bonds. The SMILES string of the molecule is C=CCc1[nH]cc[n+]1C.F[B-](F)(F)F. The van der Waals surface area contributed by atoms with Gasteiger partial charge in [-0.3, -0.25) is 0 Å². The normalized spacial score (nSPS) is 10.4. The zero-order chi connectivity index (χ0) is 11.2. The van der Waals surface area contributed by atoms with Crippen LogP contribution in [0.4, 0.5) is 17.3 Å². The molecule has 1 rings (SSSR count). The van der Waals surface area contributed by atoms with Crippen LogP contribution in [0.15, 0.2) is 25.0 Å². The van der Waals surface area contributed by atoms with Gasteiger partial charge in [0.25, 0.3) is 5.82 Å². The number of nitrogens with one attached hydrogen (secondary N) is 1. The first-order valence-corrected chi connectivity index (χ1v) is 3.84. The van der Waals surface area contributed by atoms with Gasteiger partial charge in [0.1, 0.15) is 12.4 Å². The molecular weight excluding hydrogens is 199 g/mol. The molecule has 14 heavy (non-hydrogen) atoms. The Kier molecular flexibility index (Phi) is 4.97. The maximum Gasteiger partial charge on any atom is 0.673 e. The first-order chi connectivity index (χ1) is 6.34. The molecule has 0 aliphatic heterocycles. The lowest BCUT2D eigenvalue weighted by atomic mass is 10.3. The van der Waals surface area contributed by atoms with E-state index in [1.54, 1.807) is 0 Å². The van der Waals surface area contributed by atoms with E-state index in [4.69, 9.17) is 0 Å². The van der Waals surface area contributed by atoms with Crippen LogP contribution in [-0.2, 0) is 13.5 Å². The molecule has 0 fully saturated rings. The number of rotatable bonds is 2. The third-order valence-electron chi connectivity index (χ3n) is 1.31. The van der Waals surface area contributed by atoms with Crippen molar-refractivity contribution in [1.82, 2.24) is 4.98 Å². The monoisotopic (exact) mass is 210 g/mol. The van der Waals surface area contributed by atoms with Gasteiger partial charge in [-0.1, -0.05) is 6.08 Å². The van der Waals surface area contributed by atoms with Gasteiger partial charge in [0, 0.05) is 0 Å². The van der Waals surface area contributed by atoms with Crippen LogP contribution in [0.3, 0.4) is 0 Å². The maximum absolute atomic E-state index is 9.75. The van der Waals surface area contributed by atoms with Gasteiger partial charge in [-0.25, -0.2) is 9.55 Å². The zero-order valence-electron chi connectivity index (χ0n) is 7.68. The smallest absolute Gasteiger partial charge is 0.418 e. The number of aromatic nitrogens is 2. The molecule has 80 valence electrons. The van der Waals surface area contributed by atoms with Crippen LogP contribution < -0.4 is 4.57 Å². The highest BCUT2D eigenvalue weighted by atomic mass is 19.5. The van der Waals surface area contributed by atoms with Gasteiger partial charge >= 0.3 is 7.25 Å². The van der Waals surface area contributed by atoms with Gasteiger partial charge in [0.05, 0.1) is 13.5 Å². The standard InChI is InChI=1S/C7H10N2.BF4/c1-3-4-7-8-5-6-9(7)2;2-1(3,4)5/h3,5-6H,1,4H2,2H3;/q;-1/p+1. The second-order valence-corrected chi connectivity index (χ2v) is 2.51. The van der Waals surface area contributed by atoms with Crippen LogP contribution in [0.1, 0.15) is 5.82 Å². The fourth-order valence-electron chi connectivity index (χ4n) is 0.777. The molecule has 0 aliphatic rings. The summed E-state index contributed by atoms with van der Waals surface area (Å²) >= 11 is 0. The first kappa shape index (κ1) is 12.7. The number of aromatic amines is 1. The molecule has 1 N–H and O–H groups in total. The molecule has 0 radical (unpaired) electrons. The molecule has 0 saturated heterocycles. The molecule has 1 aromatic rings. The highest BCUT2D eigenvalue weighted by molar-refractivity contribution is 6.50. The molecule has 1 aromatic heterocycles. The minimum absolute atomic E-state index is 0.906. The van der Waals surface area contributed by atoms with Crippen molar-refractivity contribution >= 4 is 7.25 Å². The van der Waals surface area contributed by atoms with Gasteiger partial charge in [0.2, 0.25) is 0 Å². The Balaban J connectivity index is 0.000000292. The predicted octanol–water partition coefficient (Wildman–Crippen LogP) is 1.87. The number of H-pyrrole nitrogens is 1. The molecule has 0 saturated carbocycles. The largest absolute Gasteiger partial charge is 0.673 e. The Hall–Kier alpha value is -1.27. The van der Waals surface area contributed by atoms with Crippen molar-refractivity contribution in [3.63, 3.8) is 0 Å². The van der Waals surface area contributed by atoms with E-state index in [9.17, 15) is 17.3 Å². The quantitative estimate of drug-likeness (QED) is 0.332. The predicted molar refractivity (Wildman–Crippen MR) is 46.1 cm³/mol. The third kappa shape index (κ3) is 7.39. The molecule has 0 spiro atoms. The molecule has 0 aliphatic carbocycles.